The van der Waals surface area contributed by atoms with E-state index in [0.717, 1.165) is 0 Å². The van der Waals surface area contributed by atoms with E-state index < -0.39 is 65.4 Å². The van der Waals surface area contributed by atoms with Gasteiger partial charge in [-0.05, 0) is 19.8 Å². The van der Waals surface area contributed by atoms with Gasteiger partial charge in [0, 0.05) is 0 Å². The fourth-order valence-electron chi connectivity index (χ4n) is 2.84. The van der Waals surface area contributed by atoms with E-state index in [1.54, 1.807) is 26.0 Å². The lowest BCUT2D eigenvalue weighted by atomic mass is 9.98. The molecule has 7 N–H and O–H groups in total. The molecular weight excluding hydrogens is 575 g/mol. The predicted octanol–water partition coefficient (Wildman–Crippen LogP) is -1.64. The molecule has 0 saturated heterocycles. The minimum Gasteiger partial charge on any atom is -0.475 e. The van der Waals surface area contributed by atoms with E-state index in [2.05, 4.69) is 26.0 Å². The van der Waals surface area contributed by atoms with E-state index in [9.17, 15) is 37.1 Å². The molecule has 0 spiro atoms. The number of methoxy groups -OCH3 is 1. The molecule has 42 heavy (non-hydrogen) atoms. The number of carbonyl (C=O) groups excluding carboxylic acids is 5. The number of amides is 4. The lowest BCUT2D eigenvalue weighted by molar-refractivity contribution is -0.192. The highest BCUT2D eigenvalue weighted by molar-refractivity contribution is 5.96. The third kappa shape index (κ3) is 14.7. The number of nitrogens with two attached hydrogens (primary N) is 1. The monoisotopic (exact) mass is 613 g/mol. The average molecular weight is 614 g/mol. The number of carbonyl (C=O) groups is 6. The van der Waals surface area contributed by atoms with Crippen molar-refractivity contribution >= 4 is 35.6 Å². The smallest absolute Gasteiger partial charge is 0.475 e. The fraction of sp³-hybridized carbons (Fsp3) is 0.667. The Labute approximate surface area is 240 Å². The molecule has 3 atom stereocenters. The van der Waals surface area contributed by atoms with Gasteiger partial charge < -0.3 is 46.3 Å². The zero-order valence-electron chi connectivity index (χ0n) is 23.8. The summed E-state index contributed by atoms with van der Waals surface area (Å²) < 4.78 is 47.1. The normalized spacial score (nSPS) is 22.6. The van der Waals surface area contributed by atoms with Crippen LogP contribution >= 0.6 is 0 Å². The number of hydrogen-bond donors (Lipinski definition) is 6. The van der Waals surface area contributed by atoms with Crippen LogP contribution in [0.2, 0.25) is 0 Å². The van der Waals surface area contributed by atoms with Gasteiger partial charge in [0.05, 0.1) is 33.5 Å². The van der Waals surface area contributed by atoms with Crippen LogP contribution in [0.3, 0.4) is 0 Å². The Balaban J connectivity index is 0.00000212. The first kappa shape index (κ1) is 38.2. The summed E-state index contributed by atoms with van der Waals surface area (Å²) in [7, 11) is 1.18. The molecule has 0 fully saturated rings. The van der Waals surface area contributed by atoms with Crippen LogP contribution in [0, 0.1) is 5.92 Å². The van der Waals surface area contributed by atoms with Crippen molar-refractivity contribution in [2.75, 3.05) is 40.1 Å². The first-order valence-electron chi connectivity index (χ1n) is 12.5. The van der Waals surface area contributed by atoms with E-state index >= 15 is 0 Å². The molecule has 0 aliphatic carbocycles. The lowest BCUT2D eigenvalue weighted by Gasteiger charge is -2.31. The zero-order valence-corrected chi connectivity index (χ0v) is 23.8. The molecule has 18 heteroatoms. The standard InChI is InChI=1S/C22H37N5O8.C2HF3O2/c1-13(2)17-20(31)25-15(19(30)24-10-16(28)33-5)12-35-9-7-6-8-34-11-14(23)18(29)27-22(3,4)21(32)26-17;3-2(4,5)1(6)7/h6-7,13-15,17H,8-12,23H2,1-5H3,(H,24,30)(H,25,31)(H,26,32)(H,27,29);(H,6,7)/t14-,15-,17-;/m0./s1. The minimum atomic E-state index is -5.08. The summed E-state index contributed by atoms with van der Waals surface area (Å²) >= 11 is 0. The van der Waals surface area contributed by atoms with E-state index in [0.29, 0.717) is 0 Å². The molecular formula is C24H38F3N5O10. The first-order chi connectivity index (χ1) is 19.3. The number of carboxylic acids is 1. The Bertz CT molecular complexity index is 988. The summed E-state index contributed by atoms with van der Waals surface area (Å²) in [6.07, 6.45) is -1.80. The zero-order chi connectivity index (χ0) is 32.7. The van der Waals surface area contributed by atoms with E-state index in [-0.39, 0.29) is 38.9 Å². The maximum atomic E-state index is 13.0. The van der Waals surface area contributed by atoms with Gasteiger partial charge >= 0.3 is 18.1 Å². The number of nitrogens with one attached hydrogen (secondary N) is 4. The molecule has 1 aliphatic heterocycles. The summed E-state index contributed by atoms with van der Waals surface area (Å²) in [5.41, 5.74) is 4.45. The van der Waals surface area contributed by atoms with Crippen molar-refractivity contribution in [2.45, 2.75) is 57.5 Å². The van der Waals surface area contributed by atoms with Gasteiger partial charge in [0.25, 0.3) is 0 Å². The Morgan fingerprint density at radius 1 is 1.10 bits per heavy atom. The third-order valence-corrected chi connectivity index (χ3v) is 5.26. The Morgan fingerprint density at radius 2 is 1.62 bits per heavy atom. The minimum absolute atomic E-state index is 0.0752. The first-order valence-corrected chi connectivity index (χ1v) is 12.5. The van der Waals surface area contributed by atoms with Crippen LogP contribution in [0.1, 0.15) is 27.7 Å². The molecule has 1 heterocycles. The summed E-state index contributed by atoms with van der Waals surface area (Å²) in [6.45, 7) is 5.96. The Kier molecular flexibility index (Phi) is 16.3. The molecule has 1 aliphatic rings. The average Bonchev–Trinajstić information content (AvgIpc) is 2.89. The number of esters is 1. The summed E-state index contributed by atoms with van der Waals surface area (Å²) in [6, 6.07) is -3.19. The van der Waals surface area contributed by atoms with E-state index in [1.807, 2.05) is 0 Å². The van der Waals surface area contributed by atoms with Crippen molar-refractivity contribution < 1.29 is 61.3 Å². The number of carboxylic acid groups (broad SMARTS) is 1. The topological polar surface area (TPSA) is 224 Å². The van der Waals surface area contributed by atoms with E-state index in [4.69, 9.17) is 25.1 Å². The van der Waals surface area contributed by atoms with Crippen molar-refractivity contribution in [1.82, 2.24) is 21.3 Å². The van der Waals surface area contributed by atoms with Crippen LogP contribution < -0.4 is 27.0 Å². The second-order valence-electron chi connectivity index (χ2n) is 9.62. The summed E-state index contributed by atoms with van der Waals surface area (Å²) in [5.74, 6) is -6.31. The molecule has 0 aromatic heterocycles. The molecule has 0 unspecified atom stereocenters. The van der Waals surface area contributed by atoms with Crippen LogP contribution in [0.15, 0.2) is 12.2 Å². The van der Waals surface area contributed by atoms with Crippen molar-refractivity contribution in [3.8, 4) is 0 Å². The predicted molar refractivity (Wildman–Crippen MR) is 138 cm³/mol. The molecule has 4 amide bonds. The van der Waals surface area contributed by atoms with Crippen LogP contribution in [0.25, 0.3) is 0 Å². The fourth-order valence-corrected chi connectivity index (χ4v) is 2.84. The summed E-state index contributed by atoms with van der Waals surface area (Å²) in [4.78, 5) is 71.2. The highest BCUT2D eigenvalue weighted by Crippen LogP contribution is 2.13. The van der Waals surface area contributed by atoms with Gasteiger partial charge in [0.15, 0.2) is 0 Å². The van der Waals surface area contributed by atoms with Gasteiger partial charge in [-0.15, -0.1) is 0 Å². The summed E-state index contributed by atoms with van der Waals surface area (Å²) in [5, 5.41) is 17.2. The largest absolute Gasteiger partial charge is 0.490 e. The van der Waals surface area contributed by atoms with Crippen LogP contribution in [-0.2, 0) is 43.0 Å². The second-order valence-corrected chi connectivity index (χ2v) is 9.62. The number of ether oxygens (including phenoxy) is 3. The number of rotatable bonds is 4. The SMILES string of the molecule is COC(=O)CNC(=O)[C@@H]1COCC=CCOC[C@H](N)C(=O)NC(C)(C)C(=O)N[C@@H](C(C)C)C(=O)N1.O=C(O)C(F)(F)F. The Morgan fingerprint density at radius 3 is 2.10 bits per heavy atom. The van der Waals surface area contributed by atoms with Gasteiger partial charge in [0.2, 0.25) is 23.6 Å². The molecule has 0 aromatic rings. The van der Waals surface area contributed by atoms with Gasteiger partial charge in [-0.2, -0.15) is 13.2 Å². The van der Waals surface area contributed by atoms with Crippen LogP contribution in [-0.4, -0.2) is 111 Å². The quantitative estimate of drug-likeness (QED) is 0.156. The third-order valence-electron chi connectivity index (χ3n) is 5.26. The van der Waals surface area contributed by atoms with Gasteiger partial charge in [0.1, 0.15) is 30.2 Å². The highest BCUT2D eigenvalue weighted by atomic mass is 19.4. The number of halogens is 3. The molecule has 0 radical (unpaired) electrons. The number of aliphatic carboxylic acids is 1. The maximum Gasteiger partial charge on any atom is 0.490 e. The van der Waals surface area contributed by atoms with Crippen molar-refractivity contribution in [3.63, 3.8) is 0 Å². The molecule has 0 bridgehead atoms. The Hall–Kier alpha value is -3.77. The molecule has 15 nitrogen and oxygen atoms in total. The number of alkyl halides is 3. The van der Waals surface area contributed by atoms with Crippen molar-refractivity contribution in [3.05, 3.63) is 12.2 Å². The van der Waals surface area contributed by atoms with Crippen molar-refractivity contribution in [2.24, 2.45) is 11.7 Å². The second kappa shape index (κ2) is 17.9. The van der Waals surface area contributed by atoms with Gasteiger partial charge in [-0.25, -0.2) is 4.79 Å². The number of hydrogen-bond acceptors (Lipinski definition) is 10. The molecule has 240 valence electrons. The maximum absolute atomic E-state index is 13.0. The van der Waals surface area contributed by atoms with E-state index in [1.165, 1.54) is 21.0 Å². The van der Waals surface area contributed by atoms with Crippen LogP contribution in [0.5, 0.6) is 0 Å². The molecule has 0 aromatic carbocycles. The van der Waals surface area contributed by atoms with Gasteiger partial charge in [-0.1, -0.05) is 26.0 Å². The molecule has 1 rings (SSSR count). The van der Waals surface area contributed by atoms with Crippen LogP contribution in [0.4, 0.5) is 13.2 Å². The van der Waals surface area contributed by atoms with Crippen molar-refractivity contribution in [1.29, 1.82) is 0 Å². The molecule has 0 saturated carbocycles. The highest BCUT2D eigenvalue weighted by Gasteiger charge is 2.38. The lowest BCUT2D eigenvalue weighted by Crippen LogP contribution is -2.63. The van der Waals surface area contributed by atoms with Gasteiger partial charge in [-0.3, -0.25) is 24.0 Å².